The zero-order chi connectivity index (χ0) is 22.2. The van der Waals surface area contributed by atoms with Crippen LogP contribution in [0.5, 0.6) is 5.88 Å². The van der Waals surface area contributed by atoms with Gasteiger partial charge < -0.3 is 9.26 Å². The molecule has 0 spiro atoms. The first-order valence-electron chi connectivity index (χ1n) is 8.93. The summed E-state index contributed by atoms with van der Waals surface area (Å²) in [5, 5.41) is 3.43. The van der Waals surface area contributed by atoms with Crippen LogP contribution in [-0.2, 0) is 16.2 Å². The van der Waals surface area contributed by atoms with Crippen molar-refractivity contribution in [3.8, 4) is 17.3 Å². The fourth-order valence-electron chi connectivity index (χ4n) is 3.01. The maximum absolute atomic E-state index is 12.8. The molecule has 31 heavy (non-hydrogen) atoms. The molecule has 1 fully saturated rings. The zero-order valence-corrected chi connectivity index (χ0v) is 17.2. The molecule has 1 aliphatic rings. The molecule has 164 valence electrons. The lowest BCUT2D eigenvalue weighted by atomic mass is 10.2. The van der Waals surface area contributed by atoms with Gasteiger partial charge in [-0.1, -0.05) is 28.9 Å². The van der Waals surface area contributed by atoms with Gasteiger partial charge in [-0.3, -0.25) is 0 Å². The van der Waals surface area contributed by atoms with Gasteiger partial charge in [0.25, 0.3) is 0 Å². The summed E-state index contributed by atoms with van der Waals surface area (Å²) in [6.07, 6.45) is -3.50. The Morgan fingerprint density at radius 1 is 1.19 bits per heavy atom. The van der Waals surface area contributed by atoms with E-state index in [-0.39, 0.29) is 40.3 Å². The molecule has 8 nitrogen and oxygen atoms in total. The predicted octanol–water partition coefficient (Wildman–Crippen LogP) is 3.65. The molecule has 13 heteroatoms. The maximum Gasteiger partial charge on any atom is 0.471 e. The number of rotatable bonds is 5. The first-order chi connectivity index (χ1) is 14.6. The topological polar surface area (TPSA) is 98.4 Å². The van der Waals surface area contributed by atoms with Gasteiger partial charge in [0, 0.05) is 24.4 Å². The second kappa shape index (κ2) is 8.09. The second-order valence-corrected chi connectivity index (χ2v) is 8.94. The Bertz CT molecular complexity index is 1190. The van der Waals surface area contributed by atoms with Crippen LogP contribution in [0.2, 0.25) is 5.02 Å². The van der Waals surface area contributed by atoms with Gasteiger partial charge in [0.05, 0.1) is 11.6 Å². The van der Waals surface area contributed by atoms with Gasteiger partial charge in [0.1, 0.15) is 11.0 Å². The third-order valence-corrected chi connectivity index (χ3v) is 6.88. The van der Waals surface area contributed by atoms with Crippen LogP contribution >= 0.6 is 11.6 Å². The van der Waals surface area contributed by atoms with Crippen molar-refractivity contribution in [1.82, 2.24) is 19.4 Å². The minimum absolute atomic E-state index is 0.0260. The summed E-state index contributed by atoms with van der Waals surface area (Å²) < 4.78 is 74.5. The van der Waals surface area contributed by atoms with Crippen molar-refractivity contribution in [2.45, 2.75) is 23.6 Å². The van der Waals surface area contributed by atoms with Crippen LogP contribution in [0.1, 0.15) is 12.3 Å². The molecule has 0 amide bonds. The van der Waals surface area contributed by atoms with Crippen LogP contribution in [0.15, 0.2) is 52.0 Å². The highest BCUT2D eigenvalue weighted by Crippen LogP contribution is 2.30. The number of hydrogen-bond acceptors (Lipinski definition) is 7. The summed E-state index contributed by atoms with van der Waals surface area (Å²) in [6, 6.07) is 9.05. The molecule has 0 saturated carbocycles. The second-order valence-electron chi connectivity index (χ2n) is 6.63. The van der Waals surface area contributed by atoms with E-state index in [0.29, 0.717) is 6.42 Å². The average molecular weight is 475 g/mol. The lowest BCUT2D eigenvalue weighted by Gasteiger charge is -2.17. The Kier molecular flexibility index (Phi) is 5.62. The quantitative estimate of drug-likeness (QED) is 0.556. The monoisotopic (exact) mass is 474 g/mol. The van der Waals surface area contributed by atoms with Gasteiger partial charge in [-0.15, -0.1) is 0 Å². The first-order valence-corrected chi connectivity index (χ1v) is 10.7. The highest BCUT2D eigenvalue weighted by molar-refractivity contribution is 7.89. The Morgan fingerprint density at radius 3 is 2.61 bits per heavy atom. The normalized spacial score (nSPS) is 17.7. The largest absolute Gasteiger partial charge is 0.473 e. The van der Waals surface area contributed by atoms with Gasteiger partial charge in [-0.2, -0.15) is 22.5 Å². The first kappa shape index (κ1) is 21.5. The van der Waals surface area contributed by atoms with E-state index >= 15 is 0 Å². The summed E-state index contributed by atoms with van der Waals surface area (Å²) in [6.45, 7) is 0.357. The van der Waals surface area contributed by atoms with Crippen LogP contribution in [0.4, 0.5) is 13.2 Å². The zero-order valence-electron chi connectivity index (χ0n) is 15.6. The molecule has 0 radical (unpaired) electrons. The molecule has 0 N–H and O–H groups in total. The molecular formula is C18H14ClF3N4O4S. The van der Waals surface area contributed by atoms with Crippen molar-refractivity contribution < 1.29 is 30.8 Å². The molecule has 1 aromatic carbocycles. The van der Waals surface area contributed by atoms with Crippen molar-refractivity contribution >= 4 is 21.6 Å². The Balaban J connectivity index is 1.42. The van der Waals surface area contributed by atoms with E-state index in [4.69, 9.17) is 16.3 Å². The van der Waals surface area contributed by atoms with Crippen molar-refractivity contribution in [3.05, 3.63) is 53.5 Å². The Labute approximate surface area is 179 Å². The summed E-state index contributed by atoms with van der Waals surface area (Å²) >= 11 is 6.02. The molecule has 3 aromatic rings. The van der Waals surface area contributed by atoms with Crippen LogP contribution in [-0.4, -0.2) is 47.0 Å². The number of nitrogens with zero attached hydrogens (tertiary/aromatic N) is 4. The molecule has 1 saturated heterocycles. The summed E-state index contributed by atoms with van der Waals surface area (Å²) in [4.78, 5) is 7.35. The van der Waals surface area contributed by atoms with Gasteiger partial charge in [0.2, 0.25) is 21.7 Å². The van der Waals surface area contributed by atoms with E-state index in [2.05, 4.69) is 19.6 Å². The van der Waals surface area contributed by atoms with Crippen molar-refractivity contribution in [1.29, 1.82) is 0 Å². The number of benzene rings is 1. The van der Waals surface area contributed by atoms with Gasteiger partial charge in [0.15, 0.2) is 0 Å². The standard InChI is InChI=1S/C18H14ClF3N4O4S/c19-13-3-1-2-4-14(13)31(27,28)26-8-7-12(10-26)29-15-6-5-11(9-23-15)16-24-17(30-25-16)18(20,21)22/h1-6,9,12H,7-8,10H2. The number of hydrogen-bond donors (Lipinski definition) is 0. The van der Waals surface area contributed by atoms with E-state index in [1.807, 2.05) is 0 Å². The smallest absolute Gasteiger partial charge is 0.471 e. The van der Waals surface area contributed by atoms with Crippen molar-refractivity contribution in [2.24, 2.45) is 0 Å². The highest BCUT2D eigenvalue weighted by Gasteiger charge is 2.38. The Morgan fingerprint density at radius 2 is 1.97 bits per heavy atom. The molecule has 0 bridgehead atoms. The Hall–Kier alpha value is -2.70. The van der Waals surface area contributed by atoms with E-state index in [0.717, 1.165) is 0 Å². The van der Waals surface area contributed by atoms with Crippen LogP contribution in [0.3, 0.4) is 0 Å². The van der Waals surface area contributed by atoms with E-state index in [1.54, 1.807) is 12.1 Å². The van der Waals surface area contributed by atoms with Gasteiger partial charge in [-0.05, 0) is 24.6 Å². The SMILES string of the molecule is O=S(=O)(c1ccccc1Cl)N1CCC(Oc2ccc(-c3noc(C(F)(F)F)n3)cn2)C1. The van der Waals surface area contributed by atoms with Crippen LogP contribution < -0.4 is 4.74 Å². The molecule has 0 aliphatic carbocycles. The molecule has 4 rings (SSSR count). The molecule has 3 heterocycles. The van der Waals surface area contributed by atoms with Crippen LogP contribution in [0.25, 0.3) is 11.4 Å². The van der Waals surface area contributed by atoms with E-state index < -0.39 is 28.2 Å². The average Bonchev–Trinajstić information content (AvgIpc) is 3.39. The molecular weight excluding hydrogens is 461 g/mol. The summed E-state index contributed by atoms with van der Waals surface area (Å²) in [5.41, 5.74) is 0.209. The number of pyridine rings is 1. The minimum atomic E-state index is -4.74. The lowest BCUT2D eigenvalue weighted by Crippen LogP contribution is -2.31. The fourth-order valence-corrected chi connectivity index (χ4v) is 4.99. The fraction of sp³-hybridized carbons (Fsp3) is 0.278. The number of halogens is 4. The molecule has 1 aliphatic heterocycles. The minimum Gasteiger partial charge on any atom is -0.473 e. The lowest BCUT2D eigenvalue weighted by molar-refractivity contribution is -0.159. The molecule has 1 atom stereocenters. The summed E-state index contributed by atoms with van der Waals surface area (Å²) in [7, 11) is -3.76. The number of alkyl halides is 3. The third kappa shape index (κ3) is 4.50. The third-order valence-electron chi connectivity index (χ3n) is 4.51. The van der Waals surface area contributed by atoms with E-state index in [1.165, 1.54) is 34.8 Å². The van der Waals surface area contributed by atoms with Crippen molar-refractivity contribution in [2.75, 3.05) is 13.1 Å². The maximum atomic E-state index is 12.8. The number of aromatic nitrogens is 3. The van der Waals surface area contributed by atoms with Gasteiger partial charge in [-0.25, -0.2) is 13.4 Å². The van der Waals surface area contributed by atoms with Crippen LogP contribution in [0, 0.1) is 0 Å². The molecule has 2 aromatic heterocycles. The summed E-state index contributed by atoms with van der Waals surface area (Å²) in [5.74, 6) is -1.52. The number of ether oxygens (including phenoxy) is 1. The van der Waals surface area contributed by atoms with Crippen molar-refractivity contribution in [3.63, 3.8) is 0 Å². The van der Waals surface area contributed by atoms with Gasteiger partial charge >= 0.3 is 12.1 Å². The molecule has 1 unspecified atom stereocenters. The predicted molar refractivity (Wildman–Crippen MR) is 102 cm³/mol. The van der Waals surface area contributed by atoms with E-state index in [9.17, 15) is 21.6 Å². The highest BCUT2D eigenvalue weighted by atomic mass is 35.5. The number of sulfonamides is 1.